The summed E-state index contributed by atoms with van der Waals surface area (Å²) in [5.41, 5.74) is 1.01. The molecule has 0 aliphatic carbocycles. The van der Waals surface area contributed by atoms with Crippen molar-refractivity contribution in [1.82, 2.24) is 24.7 Å². The summed E-state index contributed by atoms with van der Waals surface area (Å²) in [7, 11) is 0. The van der Waals surface area contributed by atoms with Gasteiger partial charge in [0, 0.05) is 18.4 Å². The lowest BCUT2D eigenvalue weighted by atomic mass is 10.0. The molecule has 1 aliphatic rings. The smallest absolute Gasteiger partial charge is 0.159 e. The highest BCUT2D eigenvalue weighted by atomic mass is 16.5. The van der Waals surface area contributed by atoms with E-state index in [0.29, 0.717) is 5.92 Å². The second-order valence-corrected chi connectivity index (χ2v) is 3.98. The minimum atomic E-state index is 0.394. The van der Waals surface area contributed by atoms with Gasteiger partial charge < -0.3 is 4.74 Å². The summed E-state index contributed by atoms with van der Waals surface area (Å²) in [6.07, 6.45) is 3.95. The Morgan fingerprint density at radius 3 is 2.88 bits per heavy atom. The Balaban J connectivity index is 1.97. The first-order valence-corrected chi connectivity index (χ1v) is 5.67. The first kappa shape index (κ1) is 10.3. The van der Waals surface area contributed by atoms with Gasteiger partial charge in [0.25, 0.3) is 0 Å². The second-order valence-electron chi connectivity index (χ2n) is 3.98. The average molecular weight is 231 g/mol. The molecule has 6 nitrogen and oxygen atoms in total. The molecule has 3 heterocycles. The van der Waals surface area contributed by atoms with Crippen molar-refractivity contribution < 1.29 is 4.74 Å². The van der Waals surface area contributed by atoms with Crippen LogP contribution in [0.5, 0.6) is 0 Å². The van der Waals surface area contributed by atoms with E-state index in [1.54, 1.807) is 17.3 Å². The maximum atomic E-state index is 5.17. The van der Waals surface area contributed by atoms with Gasteiger partial charge in [-0.25, -0.2) is 15.0 Å². The number of aromatic nitrogens is 5. The highest BCUT2D eigenvalue weighted by molar-refractivity contribution is 5.26. The SMILES string of the molecule is CCc1ncnn1-c1cc(C2COC2)ncn1. The molecule has 0 radical (unpaired) electrons. The van der Waals surface area contributed by atoms with Crippen molar-refractivity contribution in [2.75, 3.05) is 13.2 Å². The molecule has 0 bridgehead atoms. The molecule has 0 aromatic carbocycles. The van der Waals surface area contributed by atoms with Gasteiger partial charge >= 0.3 is 0 Å². The quantitative estimate of drug-likeness (QED) is 0.779. The Bertz CT molecular complexity index is 520. The lowest BCUT2D eigenvalue weighted by Crippen LogP contribution is -2.26. The molecule has 17 heavy (non-hydrogen) atoms. The lowest BCUT2D eigenvalue weighted by molar-refractivity contribution is 0.00666. The molecule has 0 atom stereocenters. The third kappa shape index (κ3) is 1.80. The maximum absolute atomic E-state index is 5.17. The van der Waals surface area contributed by atoms with Crippen LogP contribution in [0.4, 0.5) is 0 Å². The Hall–Kier alpha value is -1.82. The average Bonchev–Trinajstić information content (AvgIpc) is 2.75. The Labute approximate surface area is 98.7 Å². The monoisotopic (exact) mass is 231 g/mol. The molecule has 0 amide bonds. The number of hydrogen-bond acceptors (Lipinski definition) is 5. The van der Waals surface area contributed by atoms with Crippen LogP contribution in [0.25, 0.3) is 5.82 Å². The highest BCUT2D eigenvalue weighted by Crippen LogP contribution is 2.22. The molecule has 0 spiro atoms. The first-order chi connectivity index (χ1) is 8.38. The Morgan fingerprint density at radius 1 is 1.29 bits per heavy atom. The van der Waals surface area contributed by atoms with E-state index in [1.165, 1.54) is 0 Å². The second kappa shape index (κ2) is 4.21. The van der Waals surface area contributed by atoms with E-state index in [4.69, 9.17) is 4.74 Å². The van der Waals surface area contributed by atoms with Crippen molar-refractivity contribution in [1.29, 1.82) is 0 Å². The molecule has 0 unspecified atom stereocenters. The molecule has 0 N–H and O–H groups in total. The van der Waals surface area contributed by atoms with Gasteiger partial charge in [0.2, 0.25) is 0 Å². The minimum Gasteiger partial charge on any atom is -0.380 e. The van der Waals surface area contributed by atoms with Crippen LogP contribution in [0.15, 0.2) is 18.7 Å². The van der Waals surface area contributed by atoms with Crippen molar-refractivity contribution in [3.63, 3.8) is 0 Å². The van der Waals surface area contributed by atoms with Crippen LogP contribution in [0.2, 0.25) is 0 Å². The van der Waals surface area contributed by atoms with Gasteiger partial charge in [-0.2, -0.15) is 9.78 Å². The van der Waals surface area contributed by atoms with E-state index in [0.717, 1.165) is 37.0 Å². The number of nitrogens with zero attached hydrogens (tertiary/aromatic N) is 5. The zero-order valence-electron chi connectivity index (χ0n) is 9.58. The molecule has 3 rings (SSSR count). The highest BCUT2D eigenvalue weighted by Gasteiger charge is 2.22. The van der Waals surface area contributed by atoms with E-state index < -0.39 is 0 Å². The van der Waals surface area contributed by atoms with Crippen LogP contribution >= 0.6 is 0 Å². The van der Waals surface area contributed by atoms with E-state index >= 15 is 0 Å². The maximum Gasteiger partial charge on any atom is 0.159 e. The molecule has 1 fully saturated rings. The third-order valence-corrected chi connectivity index (χ3v) is 2.88. The van der Waals surface area contributed by atoms with Gasteiger partial charge in [0.1, 0.15) is 18.5 Å². The summed E-state index contributed by atoms with van der Waals surface area (Å²) in [6.45, 7) is 3.53. The van der Waals surface area contributed by atoms with Gasteiger partial charge in [-0.1, -0.05) is 6.92 Å². The minimum absolute atomic E-state index is 0.394. The predicted molar refractivity (Wildman–Crippen MR) is 59.9 cm³/mol. The Morgan fingerprint density at radius 2 is 2.18 bits per heavy atom. The van der Waals surface area contributed by atoms with Gasteiger partial charge in [0.15, 0.2) is 5.82 Å². The van der Waals surface area contributed by atoms with Crippen molar-refractivity contribution in [2.24, 2.45) is 0 Å². The third-order valence-electron chi connectivity index (χ3n) is 2.88. The molecule has 88 valence electrons. The zero-order chi connectivity index (χ0) is 11.7. The van der Waals surface area contributed by atoms with Crippen molar-refractivity contribution in [3.8, 4) is 5.82 Å². The van der Waals surface area contributed by atoms with Crippen LogP contribution in [0.3, 0.4) is 0 Å². The lowest BCUT2D eigenvalue weighted by Gasteiger charge is -2.25. The fourth-order valence-electron chi connectivity index (χ4n) is 1.80. The fourth-order valence-corrected chi connectivity index (χ4v) is 1.80. The van der Waals surface area contributed by atoms with Crippen LogP contribution in [-0.4, -0.2) is 37.9 Å². The van der Waals surface area contributed by atoms with Gasteiger partial charge in [-0.15, -0.1) is 0 Å². The summed E-state index contributed by atoms with van der Waals surface area (Å²) in [6, 6.07) is 1.96. The molecule has 0 saturated carbocycles. The topological polar surface area (TPSA) is 65.7 Å². The van der Waals surface area contributed by atoms with E-state index in [-0.39, 0.29) is 0 Å². The molecule has 6 heteroatoms. The summed E-state index contributed by atoms with van der Waals surface area (Å²) in [5.74, 6) is 2.07. The predicted octanol–water partition coefficient (Wildman–Crippen LogP) is 0.734. The van der Waals surface area contributed by atoms with E-state index in [2.05, 4.69) is 20.1 Å². The largest absolute Gasteiger partial charge is 0.380 e. The Kier molecular flexibility index (Phi) is 2.56. The summed E-state index contributed by atoms with van der Waals surface area (Å²) in [5, 5.41) is 4.19. The standard InChI is InChI=1S/C11H13N5O/c1-2-10-14-7-15-16(10)11-3-9(12-6-13-11)8-4-17-5-8/h3,6-8H,2,4-5H2,1H3. The summed E-state index contributed by atoms with van der Waals surface area (Å²) >= 11 is 0. The molecule has 2 aromatic heterocycles. The van der Waals surface area contributed by atoms with Gasteiger partial charge in [-0.3, -0.25) is 0 Å². The van der Waals surface area contributed by atoms with E-state index in [9.17, 15) is 0 Å². The van der Waals surface area contributed by atoms with Crippen LogP contribution in [-0.2, 0) is 11.2 Å². The molecule has 1 saturated heterocycles. The zero-order valence-corrected chi connectivity index (χ0v) is 9.58. The number of hydrogen-bond donors (Lipinski definition) is 0. The first-order valence-electron chi connectivity index (χ1n) is 5.67. The number of rotatable bonds is 3. The molecular formula is C11H13N5O. The van der Waals surface area contributed by atoms with Crippen LogP contribution in [0.1, 0.15) is 24.4 Å². The summed E-state index contributed by atoms with van der Waals surface area (Å²) in [4.78, 5) is 12.7. The summed E-state index contributed by atoms with van der Waals surface area (Å²) < 4.78 is 6.92. The van der Waals surface area contributed by atoms with Gasteiger partial charge in [-0.05, 0) is 0 Å². The molecule has 1 aliphatic heterocycles. The van der Waals surface area contributed by atoms with Crippen LogP contribution in [0, 0.1) is 0 Å². The van der Waals surface area contributed by atoms with Crippen molar-refractivity contribution in [3.05, 3.63) is 30.2 Å². The number of ether oxygens (including phenoxy) is 1. The molecular weight excluding hydrogens is 218 g/mol. The van der Waals surface area contributed by atoms with Crippen molar-refractivity contribution >= 4 is 0 Å². The van der Waals surface area contributed by atoms with Gasteiger partial charge in [0.05, 0.1) is 18.9 Å². The van der Waals surface area contributed by atoms with E-state index in [1.807, 2.05) is 13.0 Å². The fraction of sp³-hybridized carbons (Fsp3) is 0.455. The molecule has 2 aromatic rings. The van der Waals surface area contributed by atoms with Crippen LogP contribution < -0.4 is 0 Å². The number of aryl methyl sites for hydroxylation is 1. The van der Waals surface area contributed by atoms with Crippen molar-refractivity contribution in [2.45, 2.75) is 19.3 Å². The normalized spacial score (nSPS) is 15.8.